The first-order chi connectivity index (χ1) is 23.7. The summed E-state index contributed by atoms with van der Waals surface area (Å²) >= 11 is 0. The zero-order valence-corrected chi connectivity index (χ0v) is 27.8. The molecule has 1 amide bonds. The number of benzene rings is 3. The van der Waals surface area contributed by atoms with Crippen LogP contribution >= 0.6 is 0 Å². The van der Waals surface area contributed by atoms with E-state index in [2.05, 4.69) is 81.9 Å². The molecule has 1 aliphatic carbocycles. The fraction of sp³-hybridized carbons (Fsp3) is 0.421. The maximum Gasteiger partial charge on any atom is 0.251 e. The van der Waals surface area contributed by atoms with Crippen molar-refractivity contribution in [3.63, 3.8) is 0 Å². The van der Waals surface area contributed by atoms with Crippen LogP contribution in [-0.4, -0.2) is 73.0 Å². The van der Waals surface area contributed by atoms with Crippen LogP contribution in [0.4, 0.5) is 17.8 Å². The molecule has 10 heteroatoms. The molecule has 0 aliphatic heterocycles. The first-order valence-corrected chi connectivity index (χ1v) is 17.3. The number of rotatable bonds is 19. The molecule has 4 aromatic rings. The van der Waals surface area contributed by atoms with Gasteiger partial charge in [0.25, 0.3) is 5.91 Å². The van der Waals surface area contributed by atoms with Gasteiger partial charge in [-0.1, -0.05) is 105 Å². The van der Waals surface area contributed by atoms with Gasteiger partial charge in [-0.3, -0.25) is 4.79 Å². The Morgan fingerprint density at radius 2 is 1.15 bits per heavy atom. The Kier molecular flexibility index (Phi) is 14.5. The summed E-state index contributed by atoms with van der Waals surface area (Å²) in [5.74, 6) is 1.82. The Morgan fingerprint density at radius 3 is 1.75 bits per heavy atom. The van der Waals surface area contributed by atoms with Crippen molar-refractivity contribution >= 4 is 23.8 Å². The maximum atomic E-state index is 12.1. The van der Waals surface area contributed by atoms with E-state index in [1.54, 1.807) is 12.1 Å². The number of ether oxygens (including phenoxy) is 2. The minimum absolute atomic E-state index is 0.102. The summed E-state index contributed by atoms with van der Waals surface area (Å²) < 4.78 is 11.3. The van der Waals surface area contributed by atoms with E-state index in [9.17, 15) is 4.79 Å². The fourth-order valence-electron chi connectivity index (χ4n) is 5.91. The van der Waals surface area contributed by atoms with Gasteiger partial charge >= 0.3 is 0 Å². The second-order valence-electron chi connectivity index (χ2n) is 12.0. The summed E-state index contributed by atoms with van der Waals surface area (Å²) in [5, 5.41) is 13.2. The van der Waals surface area contributed by atoms with Crippen molar-refractivity contribution in [2.45, 2.75) is 56.9 Å². The Hall–Kier alpha value is -4.54. The lowest BCUT2D eigenvalue weighted by molar-refractivity contribution is 0.0519. The first-order valence-electron chi connectivity index (χ1n) is 17.3. The molecule has 3 aromatic carbocycles. The summed E-state index contributed by atoms with van der Waals surface area (Å²) in [4.78, 5) is 26.2. The third kappa shape index (κ3) is 11.9. The Bertz CT molecular complexity index is 1430. The van der Waals surface area contributed by atoms with Crippen LogP contribution in [-0.2, 0) is 9.47 Å². The molecule has 1 aliphatic rings. The van der Waals surface area contributed by atoms with E-state index in [0.29, 0.717) is 75.5 Å². The van der Waals surface area contributed by atoms with Crippen LogP contribution in [0.1, 0.15) is 72.3 Å². The molecule has 0 atom stereocenters. The quantitative estimate of drug-likeness (QED) is 0.0664. The molecule has 0 spiro atoms. The average Bonchev–Trinajstić information content (AvgIpc) is 3.40. The van der Waals surface area contributed by atoms with Crippen molar-refractivity contribution < 1.29 is 14.3 Å². The number of hydrogen-bond donors (Lipinski definition) is 4. The van der Waals surface area contributed by atoms with Crippen LogP contribution < -0.4 is 21.3 Å². The standard InChI is InChI=1S/C38H49N7O3/c46-35(32-18-10-5-11-19-32)39-24-26-47-28-29-48-27-25-41-37-43-36(44-38(45-37)42-33-20-12-1-2-13-21-33)40-23-22-34(30-14-6-3-7-15-30)31-16-8-4-9-17-31/h3-11,14-19,33-34H,1-2,12-13,20-29H2,(H,39,46)(H3,40,41,42,43,44,45). The molecule has 10 nitrogen and oxygen atoms in total. The topological polar surface area (TPSA) is 122 Å². The number of carbonyl (C=O) groups excluding carboxylic acids is 1. The second-order valence-corrected chi connectivity index (χ2v) is 12.0. The average molecular weight is 652 g/mol. The second kappa shape index (κ2) is 20.0. The summed E-state index contributed by atoms with van der Waals surface area (Å²) in [7, 11) is 0. The molecule has 1 fully saturated rings. The molecule has 4 N–H and O–H groups in total. The Morgan fingerprint density at radius 1 is 0.625 bits per heavy atom. The lowest BCUT2D eigenvalue weighted by Gasteiger charge is -2.19. The minimum atomic E-state index is -0.102. The molecule has 1 aromatic heterocycles. The van der Waals surface area contributed by atoms with E-state index in [1.807, 2.05) is 18.2 Å². The van der Waals surface area contributed by atoms with Crippen molar-refractivity contribution in [2.75, 3.05) is 62.0 Å². The van der Waals surface area contributed by atoms with E-state index in [-0.39, 0.29) is 11.8 Å². The highest BCUT2D eigenvalue weighted by atomic mass is 16.5. The first kappa shape index (κ1) is 34.8. The number of nitrogens with zero attached hydrogens (tertiary/aromatic N) is 3. The molecule has 0 bridgehead atoms. The van der Waals surface area contributed by atoms with Crippen molar-refractivity contribution in [2.24, 2.45) is 0 Å². The molecule has 0 radical (unpaired) electrons. The van der Waals surface area contributed by atoms with E-state index in [1.165, 1.54) is 36.8 Å². The molecule has 0 saturated heterocycles. The normalized spacial score (nSPS) is 13.5. The molecule has 254 valence electrons. The fourth-order valence-corrected chi connectivity index (χ4v) is 5.91. The molecular formula is C38H49N7O3. The number of carbonyl (C=O) groups is 1. The zero-order chi connectivity index (χ0) is 33.1. The van der Waals surface area contributed by atoms with Gasteiger partial charge in [-0.25, -0.2) is 0 Å². The molecule has 0 unspecified atom stereocenters. The number of anilines is 3. The van der Waals surface area contributed by atoms with Crippen LogP contribution in [0.25, 0.3) is 0 Å². The molecule has 1 saturated carbocycles. The number of aromatic nitrogens is 3. The predicted molar refractivity (Wildman–Crippen MR) is 192 cm³/mol. The van der Waals surface area contributed by atoms with Gasteiger partial charge < -0.3 is 30.7 Å². The van der Waals surface area contributed by atoms with Crippen LogP contribution in [0.2, 0.25) is 0 Å². The van der Waals surface area contributed by atoms with Gasteiger partial charge in [0.1, 0.15) is 0 Å². The lowest BCUT2D eigenvalue weighted by Crippen LogP contribution is -2.27. The van der Waals surface area contributed by atoms with E-state index < -0.39 is 0 Å². The smallest absolute Gasteiger partial charge is 0.251 e. The SMILES string of the molecule is O=C(NCCOCCOCCNc1nc(NCCC(c2ccccc2)c2ccccc2)nc(NC2CCCCCC2)n1)c1ccccc1. The highest BCUT2D eigenvalue weighted by Gasteiger charge is 2.17. The number of amides is 1. The van der Waals surface area contributed by atoms with Crippen molar-refractivity contribution in [3.05, 3.63) is 108 Å². The van der Waals surface area contributed by atoms with Crippen LogP contribution in [0.15, 0.2) is 91.0 Å². The maximum absolute atomic E-state index is 12.1. The van der Waals surface area contributed by atoms with Crippen molar-refractivity contribution in [1.29, 1.82) is 0 Å². The van der Waals surface area contributed by atoms with Crippen molar-refractivity contribution in [3.8, 4) is 0 Å². The van der Waals surface area contributed by atoms with Crippen molar-refractivity contribution in [1.82, 2.24) is 20.3 Å². The highest BCUT2D eigenvalue weighted by molar-refractivity contribution is 5.94. The Labute approximate surface area is 284 Å². The van der Waals surface area contributed by atoms with Gasteiger partial charge in [-0.05, 0) is 42.5 Å². The van der Waals surface area contributed by atoms with Gasteiger partial charge in [0, 0.05) is 37.2 Å². The molecule has 1 heterocycles. The van der Waals surface area contributed by atoms with Gasteiger partial charge in [0.05, 0.1) is 26.4 Å². The van der Waals surface area contributed by atoms with E-state index in [4.69, 9.17) is 24.4 Å². The van der Waals surface area contributed by atoms with Gasteiger partial charge in [-0.15, -0.1) is 0 Å². The zero-order valence-electron chi connectivity index (χ0n) is 27.8. The van der Waals surface area contributed by atoms with Crippen LogP contribution in [0.5, 0.6) is 0 Å². The molecular weight excluding hydrogens is 602 g/mol. The summed E-state index contributed by atoms with van der Waals surface area (Å²) in [6.45, 7) is 3.50. The van der Waals surface area contributed by atoms with E-state index >= 15 is 0 Å². The lowest BCUT2D eigenvalue weighted by atomic mass is 9.88. The Balaban J connectivity index is 1.08. The van der Waals surface area contributed by atoms with Crippen LogP contribution in [0, 0.1) is 0 Å². The molecule has 48 heavy (non-hydrogen) atoms. The highest BCUT2D eigenvalue weighted by Crippen LogP contribution is 2.28. The molecule has 5 rings (SSSR count). The van der Waals surface area contributed by atoms with Crippen LogP contribution in [0.3, 0.4) is 0 Å². The van der Waals surface area contributed by atoms with Gasteiger partial charge in [0.15, 0.2) is 0 Å². The monoisotopic (exact) mass is 651 g/mol. The number of nitrogens with one attached hydrogen (secondary N) is 4. The summed E-state index contributed by atoms with van der Waals surface area (Å²) in [6.07, 6.45) is 8.17. The summed E-state index contributed by atoms with van der Waals surface area (Å²) in [5.41, 5.74) is 3.22. The predicted octanol–water partition coefficient (Wildman–Crippen LogP) is 6.52. The third-order valence-electron chi connectivity index (χ3n) is 8.41. The number of hydrogen-bond acceptors (Lipinski definition) is 9. The minimum Gasteiger partial charge on any atom is -0.377 e. The van der Waals surface area contributed by atoms with Gasteiger partial charge in [0.2, 0.25) is 17.8 Å². The van der Waals surface area contributed by atoms with E-state index in [0.717, 1.165) is 19.3 Å². The third-order valence-corrected chi connectivity index (χ3v) is 8.41. The van der Waals surface area contributed by atoms with Gasteiger partial charge in [-0.2, -0.15) is 15.0 Å². The summed E-state index contributed by atoms with van der Waals surface area (Å²) in [6, 6.07) is 30.8. The largest absolute Gasteiger partial charge is 0.377 e.